The zero-order valence-corrected chi connectivity index (χ0v) is 63.7. The molecule has 7 rings (SSSR count). The van der Waals surface area contributed by atoms with Crippen LogP contribution in [0.5, 0.6) is 17.2 Å². The number of benzene rings is 5. The zero-order chi connectivity index (χ0) is 79.9. The molecule has 27 nitrogen and oxygen atoms in total. The molecule has 4 aromatic carbocycles. The fourth-order valence-corrected chi connectivity index (χ4v) is 14.0. The van der Waals surface area contributed by atoms with E-state index in [4.69, 9.17) is 19.6 Å². The summed E-state index contributed by atoms with van der Waals surface area (Å²) in [7, 11) is 3.18. The Balaban J connectivity index is 0.906. The minimum absolute atomic E-state index is 0.0262. The molecule has 9 N–H and O–H groups in total. The van der Waals surface area contributed by atoms with Crippen LogP contribution in [0.4, 0.5) is 5.69 Å². The third-order valence-electron chi connectivity index (χ3n) is 18.2. The van der Waals surface area contributed by atoms with Crippen LogP contribution in [-0.2, 0) is 61.0 Å². The van der Waals surface area contributed by atoms with Gasteiger partial charge >= 0.3 is 17.9 Å². The Bertz CT molecular complexity index is 4510. The number of nitrogens with zero attached hydrogens (tertiary/aromatic N) is 4. The van der Waals surface area contributed by atoms with Gasteiger partial charge in [0, 0.05) is 106 Å². The van der Waals surface area contributed by atoms with Crippen molar-refractivity contribution < 1.29 is 87.1 Å². The summed E-state index contributed by atoms with van der Waals surface area (Å²) in [6.45, 7) is 15.1. The quantitative estimate of drug-likeness (QED) is 0.00769. The Morgan fingerprint density at radius 3 is 1.72 bits per heavy atom. The average molecular weight is 1520 g/mol. The van der Waals surface area contributed by atoms with E-state index < -0.39 is 94.7 Å². The number of phenolic OH excluding ortho intramolecular Hbond substituents is 1. The number of thioether (sulfide) groups is 1. The number of fused-ring (bicyclic) bond motifs is 2. The smallest absolute Gasteiger partial charge is 0.336 e. The number of aromatic hydroxyl groups is 1. The topological polar surface area (TPSA) is 392 Å². The van der Waals surface area contributed by atoms with Crippen LogP contribution in [0.1, 0.15) is 109 Å². The second kappa shape index (κ2) is 40.0. The summed E-state index contributed by atoms with van der Waals surface area (Å²) in [6.07, 6.45) is 5.81. The van der Waals surface area contributed by atoms with E-state index in [0.717, 1.165) is 39.1 Å². The highest BCUT2D eigenvalue weighted by molar-refractivity contribution is 8.00. The van der Waals surface area contributed by atoms with Crippen LogP contribution >= 0.6 is 11.8 Å². The second-order valence-electron chi connectivity index (χ2n) is 27.4. The number of aliphatic carboxylic acids is 2. The predicted octanol–water partition coefficient (Wildman–Crippen LogP) is 8.97. The summed E-state index contributed by atoms with van der Waals surface area (Å²) in [5, 5.41) is 48.2. The number of carbonyl (C=O) groups excluding carboxylic acids is 8. The van der Waals surface area contributed by atoms with E-state index in [1.807, 2.05) is 75.4 Å². The van der Waals surface area contributed by atoms with Gasteiger partial charge in [-0.1, -0.05) is 105 Å². The number of primary amides is 1. The SMILES string of the molecule is COc1ccc(CNC/C(C)=C/[C@H](C)C(=O)N(C/C(C)=C/[C@@H](C)C(=O)N(CCC(=O)O)C/C(C)=C/[C@@H](C)C(=O)N(CCC(=O)O)C/C(C)=C/[C@@H](C)C(=O)NCCCC(=O)N[C@@H](CSC2CC(=O)N(c3ccc(-c4c5ccc(=O)cc-5oc5cc(O)ccc45)c(C(=O)O)c3)C2=O)C(N)=O)Cc2ccc(OC)cc2)cc1. The summed E-state index contributed by atoms with van der Waals surface area (Å²) >= 11 is 0.898. The standard InChI is InChI=1S/C81H96N8O19S/c1-47(40-83-41-55-13-20-60(106-9)21-14-55)32-52(6)79(102)88(45-56-15-22-61(107-10)23-16-56)44-50(4)35-54(8)78(101)87(31-28-73(96)97)43-49(3)34-53(7)77(100)86(30-27-72(94)95)42-48(2)33-51(5)76(99)84-29-11-12-70(92)85-66(75(82)98)46-109-69-39-71(93)89(80(69)103)57-17-24-62(65(36-57)81(104)105)74-63-25-18-58(90)37-67(63)108-68-38-59(91)19-26-64(68)74/h13-26,32-38,51-54,66,69,83,90H,11-12,27-31,39-46H2,1-10H3,(H2,82,98)(H,84,99)(H,85,92)(H,94,95)(H,96,97)(H,104,105)/b47-32+,48-33+,49-34+,50-35+/t51-,52+,53-,54-,66+,69?/m1/s1. The second-order valence-corrected chi connectivity index (χ2v) is 28.6. The van der Waals surface area contributed by atoms with Gasteiger partial charge < -0.3 is 70.7 Å². The fraction of sp³-hybridized carbons (Fsp3) is 0.383. The molecular formula is C81H96N8O19S. The molecule has 1 fully saturated rings. The summed E-state index contributed by atoms with van der Waals surface area (Å²) in [6, 6.07) is 26.1. The van der Waals surface area contributed by atoms with Gasteiger partial charge in [0.2, 0.25) is 47.3 Å². The van der Waals surface area contributed by atoms with E-state index in [9.17, 15) is 78.0 Å². The Kier molecular flexibility index (Phi) is 31.1. The first-order valence-electron chi connectivity index (χ1n) is 35.6. The first kappa shape index (κ1) is 84.9. The maximum atomic E-state index is 14.3. The third-order valence-corrected chi connectivity index (χ3v) is 19.5. The van der Waals surface area contributed by atoms with Crippen molar-refractivity contribution in [2.24, 2.45) is 29.4 Å². The third kappa shape index (κ3) is 24.6. The van der Waals surface area contributed by atoms with E-state index in [-0.39, 0.29) is 128 Å². The number of carbonyl (C=O) groups is 11. The van der Waals surface area contributed by atoms with Gasteiger partial charge in [0.1, 0.15) is 34.6 Å². The molecule has 0 radical (unpaired) electrons. The molecule has 0 saturated carbocycles. The van der Waals surface area contributed by atoms with Gasteiger partial charge in [-0.3, -0.25) is 52.7 Å². The van der Waals surface area contributed by atoms with Gasteiger partial charge in [0.15, 0.2) is 5.43 Å². The van der Waals surface area contributed by atoms with Crippen LogP contribution < -0.4 is 41.5 Å². The molecule has 3 aliphatic rings. The molecule has 4 aromatic rings. The van der Waals surface area contributed by atoms with Crippen molar-refractivity contribution in [2.75, 3.05) is 70.7 Å². The number of anilines is 1. The number of ether oxygens (including phenoxy) is 2. The number of aromatic carboxylic acids is 1. The number of nitrogens with one attached hydrogen (secondary N) is 3. The van der Waals surface area contributed by atoms with Crippen molar-refractivity contribution in [3.8, 4) is 39.7 Å². The molecule has 2 heterocycles. The van der Waals surface area contributed by atoms with Gasteiger partial charge in [0.05, 0.1) is 67.2 Å². The van der Waals surface area contributed by atoms with Crippen LogP contribution in [0.25, 0.3) is 33.4 Å². The molecule has 1 saturated heterocycles. The highest BCUT2D eigenvalue weighted by atomic mass is 32.2. The number of hydrogen-bond donors (Lipinski definition) is 8. The van der Waals surface area contributed by atoms with Crippen molar-refractivity contribution >= 4 is 93.6 Å². The Morgan fingerprint density at radius 1 is 0.642 bits per heavy atom. The number of carboxylic acid groups (broad SMARTS) is 3. The lowest BCUT2D eigenvalue weighted by molar-refractivity contribution is -0.140. The monoisotopic (exact) mass is 1520 g/mol. The number of hydrogen-bond acceptors (Lipinski definition) is 18. The number of phenols is 1. The van der Waals surface area contributed by atoms with Crippen LogP contribution in [0.15, 0.2) is 159 Å². The molecule has 0 spiro atoms. The molecule has 0 aromatic heterocycles. The van der Waals surface area contributed by atoms with Gasteiger partial charge in [-0.25, -0.2) is 9.69 Å². The van der Waals surface area contributed by atoms with Crippen LogP contribution in [0.2, 0.25) is 0 Å². The lowest BCUT2D eigenvalue weighted by Crippen LogP contribution is -2.46. The van der Waals surface area contributed by atoms with Crippen molar-refractivity contribution in [2.45, 2.75) is 112 Å². The van der Waals surface area contributed by atoms with E-state index in [2.05, 4.69) is 16.0 Å². The first-order valence-corrected chi connectivity index (χ1v) is 36.7. The largest absolute Gasteiger partial charge is 0.508 e. The molecular weight excluding hydrogens is 1420 g/mol. The van der Waals surface area contributed by atoms with Crippen LogP contribution in [0, 0.1) is 23.7 Å². The molecule has 28 heteroatoms. The molecule has 2 aliphatic heterocycles. The molecule has 109 heavy (non-hydrogen) atoms. The van der Waals surface area contributed by atoms with E-state index in [1.165, 1.54) is 64.4 Å². The minimum Gasteiger partial charge on any atom is -0.508 e. The number of carboxylic acids is 3. The lowest BCUT2D eigenvalue weighted by Gasteiger charge is -2.28. The van der Waals surface area contributed by atoms with Crippen LogP contribution in [-0.4, -0.2) is 177 Å². The summed E-state index contributed by atoms with van der Waals surface area (Å²) < 4.78 is 16.5. The first-order chi connectivity index (χ1) is 51.7. The number of methoxy groups -OCH3 is 2. The maximum Gasteiger partial charge on any atom is 0.336 e. The zero-order valence-electron chi connectivity index (χ0n) is 62.9. The summed E-state index contributed by atoms with van der Waals surface area (Å²) in [5.74, 6) is -9.67. The number of nitrogens with two attached hydrogens (primary N) is 1. The molecule has 1 unspecified atom stereocenters. The van der Waals surface area contributed by atoms with Crippen molar-refractivity contribution in [1.82, 2.24) is 30.7 Å². The normalized spacial score (nSPS) is 14.8. The van der Waals surface area contributed by atoms with Gasteiger partial charge in [-0.2, -0.15) is 0 Å². The van der Waals surface area contributed by atoms with Crippen molar-refractivity contribution in [1.29, 1.82) is 0 Å². The van der Waals surface area contributed by atoms with E-state index in [0.29, 0.717) is 52.1 Å². The minimum atomic E-state index is -1.40. The number of rotatable bonds is 40. The van der Waals surface area contributed by atoms with E-state index >= 15 is 0 Å². The summed E-state index contributed by atoms with van der Waals surface area (Å²) in [4.78, 5) is 164. The molecule has 6 atom stereocenters. The maximum absolute atomic E-state index is 14.3. The van der Waals surface area contributed by atoms with E-state index in [1.54, 1.807) is 72.0 Å². The molecule has 8 amide bonds. The molecule has 580 valence electrons. The van der Waals surface area contributed by atoms with Crippen molar-refractivity contribution in [3.63, 3.8) is 0 Å². The highest BCUT2D eigenvalue weighted by Gasteiger charge is 2.41. The van der Waals surface area contributed by atoms with Gasteiger partial charge in [0.25, 0.3) is 0 Å². The summed E-state index contributed by atoms with van der Waals surface area (Å²) in [5.41, 5.74) is 10.7. The van der Waals surface area contributed by atoms with Gasteiger partial charge in [-0.05, 0) is 111 Å². The highest BCUT2D eigenvalue weighted by Crippen LogP contribution is 2.43. The van der Waals surface area contributed by atoms with Crippen LogP contribution in [0.3, 0.4) is 0 Å². The number of imide groups is 1. The lowest BCUT2D eigenvalue weighted by atomic mass is 9.90. The van der Waals surface area contributed by atoms with Gasteiger partial charge in [-0.15, -0.1) is 11.8 Å². The average Bonchev–Trinajstić information content (AvgIpc) is 1.35. The predicted molar refractivity (Wildman–Crippen MR) is 412 cm³/mol. The van der Waals surface area contributed by atoms with Crippen molar-refractivity contribution in [3.05, 3.63) is 177 Å². The Morgan fingerprint density at radius 2 is 1.17 bits per heavy atom. The Labute approximate surface area is 636 Å². The number of amides is 8. The molecule has 0 bridgehead atoms. The Hall–Kier alpha value is -11.4. The fourth-order valence-electron chi connectivity index (χ4n) is 12.8. The molecule has 1 aliphatic carbocycles.